The van der Waals surface area contributed by atoms with Gasteiger partial charge in [0.2, 0.25) is 11.8 Å². The lowest BCUT2D eigenvalue weighted by molar-refractivity contribution is -0.120. The number of aryl methyl sites for hydroxylation is 1. The Bertz CT molecular complexity index is 792. The predicted molar refractivity (Wildman–Crippen MR) is 95.7 cm³/mol. The highest BCUT2D eigenvalue weighted by Crippen LogP contribution is 2.36. The van der Waals surface area contributed by atoms with E-state index in [0.29, 0.717) is 11.4 Å². The number of nitrogens with one attached hydrogen (secondary N) is 2. The van der Waals surface area contributed by atoms with Crippen molar-refractivity contribution in [3.8, 4) is 5.75 Å². The van der Waals surface area contributed by atoms with Crippen LogP contribution >= 0.6 is 11.8 Å². The minimum atomic E-state index is -0.448. The molecule has 2 N–H and O–H groups in total. The molecule has 0 unspecified atom stereocenters. The number of fused-ring (bicyclic) bond motifs is 1. The van der Waals surface area contributed by atoms with Crippen molar-refractivity contribution < 1.29 is 14.3 Å². The molecule has 124 valence electrons. The molecule has 0 radical (unpaired) electrons. The van der Waals surface area contributed by atoms with E-state index in [1.54, 1.807) is 7.11 Å². The monoisotopic (exact) mass is 342 g/mol. The largest absolute Gasteiger partial charge is 0.495 e. The molecule has 3 rings (SSSR count). The average molecular weight is 342 g/mol. The molecule has 0 saturated carbocycles. The molecule has 0 fully saturated rings. The fraction of sp³-hybridized carbons (Fsp3) is 0.222. The first-order valence-electron chi connectivity index (χ1n) is 7.58. The van der Waals surface area contributed by atoms with Crippen LogP contribution in [0.5, 0.6) is 5.75 Å². The van der Waals surface area contributed by atoms with Crippen LogP contribution in [0.4, 0.5) is 11.4 Å². The van der Waals surface area contributed by atoms with Gasteiger partial charge in [0.15, 0.2) is 0 Å². The summed E-state index contributed by atoms with van der Waals surface area (Å²) in [6, 6.07) is 13.1. The van der Waals surface area contributed by atoms with Gasteiger partial charge < -0.3 is 15.4 Å². The Hall–Kier alpha value is -2.47. The van der Waals surface area contributed by atoms with Crippen molar-refractivity contribution in [3.63, 3.8) is 0 Å². The zero-order valence-corrected chi connectivity index (χ0v) is 14.3. The molecule has 0 bridgehead atoms. The summed E-state index contributed by atoms with van der Waals surface area (Å²) in [5.41, 5.74) is 2.43. The molecule has 24 heavy (non-hydrogen) atoms. The van der Waals surface area contributed by atoms with Crippen LogP contribution in [0.2, 0.25) is 0 Å². The first kappa shape index (κ1) is 16.4. The Morgan fingerprint density at radius 2 is 2.08 bits per heavy atom. The third kappa shape index (κ3) is 3.54. The van der Waals surface area contributed by atoms with Gasteiger partial charge in [-0.2, -0.15) is 0 Å². The SMILES string of the molecule is COc1ccc(C)cc1NC(=O)C[C@H]1Sc2ccccc2NC1=O. The highest BCUT2D eigenvalue weighted by molar-refractivity contribution is 8.01. The van der Waals surface area contributed by atoms with Crippen LogP contribution in [0.15, 0.2) is 47.4 Å². The number of amides is 2. The number of hydrogen-bond donors (Lipinski definition) is 2. The summed E-state index contributed by atoms with van der Waals surface area (Å²) >= 11 is 1.41. The fourth-order valence-electron chi connectivity index (χ4n) is 2.52. The van der Waals surface area contributed by atoms with E-state index in [9.17, 15) is 9.59 Å². The van der Waals surface area contributed by atoms with Crippen LogP contribution in [0, 0.1) is 6.92 Å². The smallest absolute Gasteiger partial charge is 0.238 e. The summed E-state index contributed by atoms with van der Waals surface area (Å²) in [6.07, 6.45) is 0.0991. The van der Waals surface area contributed by atoms with Crippen molar-refractivity contribution in [1.29, 1.82) is 0 Å². The second-order valence-electron chi connectivity index (χ2n) is 5.55. The van der Waals surface area contributed by atoms with E-state index < -0.39 is 5.25 Å². The summed E-state index contributed by atoms with van der Waals surface area (Å²) in [5.74, 6) is 0.232. The number of ether oxygens (including phenoxy) is 1. The van der Waals surface area contributed by atoms with Gasteiger partial charge >= 0.3 is 0 Å². The molecule has 5 nitrogen and oxygen atoms in total. The molecule has 2 amide bonds. The van der Waals surface area contributed by atoms with Crippen LogP contribution in [0.25, 0.3) is 0 Å². The minimum absolute atomic E-state index is 0.0991. The van der Waals surface area contributed by atoms with E-state index in [4.69, 9.17) is 4.74 Å². The third-order valence-corrected chi connectivity index (χ3v) is 4.98. The second kappa shape index (κ2) is 6.97. The Morgan fingerprint density at radius 1 is 1.29 bits per heavy atom. The van der Waals surface area contributed by atoms with Gasteiger partial charge in [0.25, 0.3) is 0 Å². The van der Waals surface area contributed by atoms with Crippen LogP contribution < -0.4 is 15.4 Å². The van der Waals surface area contributed by atoms with Crippen molar-refractivity contribution in [1.82, 2.24) is 0 Å². The van der Waals surface area contributed by atoms with E-state index in [-0.39, 0.29) is 18.2 Å². The van der Waals surface area contributed by atoms with Gasteiger partial charge in [0.05, 0.1) is 23.7 Å². The zero-order valence-electron chi connectivity index (χ0n) is 13.5. The van der Waals surface area contributed by atoms with Crippen molar-refractivity contribution in [3.05, 3.63) is 48.0 Å². The minimum Gasteiger partial charge on any atom is -0.495 e. The maximum atomic E-state index is 12.4. The second-order valence-corrected chi connectivity index (χ2v) is 6.79. The zero-order chi connectivity index (χ0) is 17.1. The third-order valence-electron chi connectivity index (χ3n) is 3.71. The first-order valence-corrected chi connectivity index (χ1v) is 8.46. The molecular formula is C18H18N2O3S. The highest BCUT2D eigenvalue weighted by Gasteiger charge is 2.29. The summed E-state index contributed by atoms with van der Waals surface area (Å²) in [5, 5.41) is 5.23. The maximum Gasteiger partial charge on any atom is 0.238 e. The molecule has 1 aliphatic rings. The lowest BCUT2D eigenvalue weighted by Gasteiger charge is -2.23. The molecule has 0 aliphatic carbocycles. The topological polar surface area (TPSA) is 67.4 Å². The molecule has 1 aliphatic heterocycles. The van der Waals surface area contributed by atoms with Gasteiger partial charge in [0, 0.05) is 11.3 Å². The van der Waals surface area contributed by atoms with E-state index in [1.807, 2.05) is 49.4 Å². The molecule has 2 aromatic rings. The van der Waals surface area contributed by atoms with Crippen molar-refractivity contribution in [2.24, 2.45) is 0 Å². The molecule has 0 spiro atoms. The Morgan fingerprint density at radius 3 is 2.88 bits per heavy atom. The maximum absolute atomic E-state index is 12.4. The number of thioether (sulfide) groups is 1. The van der Waals surface area contributed by atoms with Gasteiger partial charge in [-0.15, -0.1) is 11.8 Å². The number of carbonyl (C=O) groups excluding carboxylic acids is 2. The van der Waals surface area contributed by atoms with Crippen molar-refractivity contribution in [2.45, 2.75) is 23.5 Å². The standard InChI is InChI=1S/C18H18N2O3S/c1-11-7-8-14(23-2)13(9-11)19-17(21)10-16-18(22)20-12-5-3-4-6-15(12)24-16/h3-9,16H,10H2,1-2H3,(H,19,21)(H,20,22)/t16-/m1/s1. The van der Waals surface area contributed by atoms with Crippen LogP contribution in [0.1, 0.15) is 12.0 Å². The number of para-hydroxylation sites is 1. The van der Waals surface area contributed by atoms with Gasteiger partial charge in [-0.05, 0) is 36.8 Å². The summed E-state index contributed by atoms with van der Waals surface area (Å²) in [7, 11) is 1.56. The lowest BCUT2D eigenvalue weighted by Crippen LogP contribution is -2.32. The van der Waals surface area contributed by atoms with Crippen LogP contribution in [-0.2, 0) is 9.59 Å². The Balaban J connectivity index is 1.70. The number of hydrogen-bond acceptors (Lipinski definition) is 4. The van der Waals surface area contributed by atoms with Gasteiger partial charge in [-0.25, -0.2) is 0 Å². The molecule has 1 heterocycles. The van der Waals surface area contributed by atoms with Crippen molar-refractivity contribution in [2.75, 3.05) is 17.7 Å². The Labute approximate surface area is 144 Å². The number of carbonyl (C=O) groups is 2. The highest BCUT2D eigenvalue weighted by atomic mass is 32.2. The summed E-state index contributed by atoms with van der Waals surface area (Å²) < 4.78 is 5.26. The number of anilines is 2. The molecule has 0 saturated heterocycles. The molecule has 0 aromatic heterocycles. The molecule has 2 aromatic carbocycles. The molecular weight excluding hydrogens is 324 g/mol. The number of benzene rings is 2. The lowest BCUT2D eigenvalue weighted by atomic mass is 10.2. The van der Waals surface area contributed by atoms with Gasteiger partial charge in [-0.3, -0.25) is 9.59 Å². The molecule has 6 heteroatoms. The van der Waals surface area contributed by atoms with E-state index >= 15 is 0 Å². The van der Waals surface area contributed by atoms with Crippen molar-refractivity contribution >= 4 is 35.0 Å². The van der Waals surface area contributed by atoms with Gasteiger partial charge in [0.1, 0.15) is 5.75 Å². The number of rotatable bonds is 4. The normalized spacial score (nSPS) is 16.1. The van der Waals surface area contributed by atoms with Gasteiger partial charge in [-0.1, -0.05) is 18.2 Å². The van der Waals surface area contributed by atoms with Crippen LogP contribution in [0.3, 0.4) is 0 Å². The quantitative estimate of drug-likeness (QED) is 0.893. The summed E-state index contributed by atoms with van der Waals surface area (Å²) in [4.78, 5) is 25.5. The van der Waals surface area contributed by atoms with Crippen LogP contribution in [-0.4, -0.2) is 24.2 Å². The predicted octanol–water partition coefficient (Wildman–Crippen LogP) is 3.45. The Kier molecular flexibility index (Phi) is 4.76. The first-order chi connectivity index (χ1) is 11.6. The van der Waals surface area contributed by atoms with E-state index in [0.717, 1.165) is 16.1 Å². The fourth-order valence-corrected chi connectivity index (χ4v) is 3.63. The number of methoxy groups -OCH3 is 1. The summed E-state index contributed by atoms with van der Waals surface area (Å²) in [6.45, 7) is 1.94. The van der Waals surface area contributed by atoms with E-state index in [2.05, 4.69) is 10.6 Å². The average Bonchev–Trinajstić information content (AvgIpc) is 2.55. The molecule has 1 atom stereocenters. The van der Waals surface area contributed by atoms with E-state index in [1.165, 1.54) is 11.8 Å².